The monoisotopic (exact) mass is 203 g/mol. The minimum absolute atomic E-state index is 0.285. The maximum atomic E-state index is 11.4. The van der Waals surface area contributed by atoms with Crippen LogP contribution in [0.4, 0.5) is 5.69 Å². The summed E-state index contributed by atoms with van der Waals surface area (Å²) in [6.07, 6.45) is 0. The summed E-state index contributed by atoms with van der Waals surface area (Å²) in [5.74, 6) is -0.302. The van der Waals surface area contributed by atoms with Gasteiger partial charge in [0.15, 0.2) is 0 Å². The van der Waals surface area contributed by atoms with Crippen LogP contribution in [0.3, 0.4) is 0 Å². The lowest BCUT2D eigenvalue weighted by Crippen LogP contribution is -2.23. The number of esters is 1. The Morgan fingerprint density at radius 2 is 1.93 bits per heavy atom. The first-order valence-electron chi connectivity index (χ1n) is 4.91. The summed E-state index contributed by atoms with van der Waals surface area (Å²) in [4.78, 5) is 15.8. The van der Waals surface area contributed by atoms with Gasteiger partial charge in [-0.1, -0.05) is 32.0 Å². The molecule has 1 aromatic rings. The molecule has 1 fully saturated rings. The highest BCUT2D eigenvalue weighted by molar-refractivity contribution is 6.40. The van der Waals surface area contributed by atoms with Gasteiger partial charge in [-0.25, -0.2) is 9.79 Å². The van der Waals surface area contributed by atoms with E-state index in [2.05, 4.69) is 4.99 Å². The number of hydrogen-bond donors (Lipinski definition) is 0. The molecule has 0 aliphatic carbocycles. The maximum absolute atomic E-state index is 11.4. The summed E-state index contributed by atoms with van der Waals surface area (Å²) in [6, 6.07) is 9.45. The SMILES string of the molecule is CC1(C)COC(=O)C1=Nc1ccccc1. The van der Waals surface area contributed by atoms with Crippen LogP contribution in [-0.2, 0) is 9.53 Å². The van der Waals surface area contributed by atoms with E-state index in [4.69, 9.17) is 4.74 Å². The Morgan fingerprint density at radius 3 is 2.47 bits per heavy atom. The van der Waals surface area contributed by atoms with Crippen LogP contribution in [0.2, 0.25) is 0 Å². The number of hydrogen-bond acceptors (Lipinski definition) is 3. The number of cyclic esters (lactones) is 1. The van der Waals surface area contributed by atoms with Crippen LogP contribution in [0.5, 0.6) is 0 Å². The van der Waals surface area contributed by atoms with Gasteiger partial charge in [0.1, 0.15) is 12.3 Å². The minimum Gasteiger partial charge on any atom is -0.460 e. The molecule has 1 saturated heterocycles. The molecule has 15 heavy (non-hydrogen) atoms. The maximum Gasteiger partial charge on any atom is 0.353 e. The average molecular weight is 203 g/mol. The molecule has 3 nitrogen and oxygen atoms in total. The molecule has 1 aliphatic heterocycles. The zero-order valence-corrected chi connectivity index (χ0v) is 8.86. The van der Waals surface area contributed by atoms with E-state index in [1.165, 1.54) is 0 Å². The van der Waals surface area contributed by atoms with Gasteiger partial charge >= 0.3 is 5.97 Å². The minimum atomic E-state index is -0.302. The Labute approximate surface area is 88.8 Å². The van der Waals surface area contributed by atoms with Crippen molar-refractivity contribution in [3.8, 4) is 0 Å². The van der Waals surface area contributed by atoms with Crippen LogP contribution >= 0.6 is 0 Å². The van der Waals surface area contributed by atoms with Crippen molar-refractivity contribution in [2.45, 2.75) is 13.8 Å². The molecular formula is C12H13NO2. The predicted octanol–water partition coefficient (Wildman–Crippen LogP) is 2.34. The van der Waals surface area contributed by atoms with Crippen LogP contribution < -0.4 is 0 Å². The summed E-state index contributed by atoms with van der Waals surface area (Å²) in [6.45, 7) is 4.33. The predicted molar refractivity (Wildman–Crippen MR) is 58.3 cm³/mol. The lowest BCUT2D eigenvalue weighted by molar-refractivity contribution is -0.133. The highest BCUT2D eigenvalue weighted by atomic mass is 16.5. The summed E-state index contributed by atoms with van der Waals surface area (Å²) in [5, 5.41) is 0. The Balaban J connectivity index is 2.38. The summed E-state index contributed by atoms with van der Waals surface area (Å²) in [5.41, 5.74) is 1.01. The summed E-state index contributed by atoms with van der Waals surface area (Å²) in [7, 11) is 0. The number of ether oxygens (including phenoxy) is 1. The highest BCUT2D eigenvalue weighted by Crippen LogP contribution is 2.27. The number of benzene rings is 1. The molecule has 0 N–H and O–H groups in total. The molecule has 3 heteroatoms. The fourth-order valence-electron chi connectivity index (χ4n) is 1.49. The molecular weight excluding hydrogens is 190 g/mol. The first kappa shape index (κ1) is 9.90. The molecule has 0 radical (unpaired) electrons. The van der Waals surface area contributed by atoms with Crippen LogP contribution in [0.15, 0.2) is 35.3 Å². The Bertz CT molecular complexity index is 407. The first-order valence-corrected chi connectivity index (χ1v) is 4.91. The van der Waals surface area contributed by atoms with Crippen molar-refractivity contribution >= 4 is 17.4 Å². The molecule has 0 saturated carbocycles. The van der Waals surface area contributed by atoms with Crippen molar-refractivity contribution in [3.05, 3.63) is 30.3 Å². The Kier molecular flexibility index (Phi) is 2.31. The summed E-state index contributed by atoms with van der Waals surface area (Å²) < 4.78 is 4.98. The van der Waals surface area contributed by atoms with Crippen molar-refractivity contribution < 1.29 is 9.53 Å². The van der Waals surface area contributed by atoms with E-state index in [-0.39, 0.29) is 11.4 Å². The van der Waals surface area contributed by atoms with Gasteiger partial charge in [0.05, 0.1) is 5.69 Å². The third-order valence-electron chi connectivity index (χ3n) is 2.40. The molecule has 0 atom stereocenters. The number of carbonyl (C=O) groups is 1. The molecule has 1 heterocycles. The van der Waals surface area contributed by atoms with Crippen molar-refractivity contribution in [1.82, 2.24) is 0 Å². The van der Waals surface area contributed by atoms with E-state index in [9.17, 15) is 4.79 Å². The van der Waals surface area contributed by atoms with Gasteiger partial charge in [-0.05, 0) is 12.1 Å². The molecule has 78 valence electrons. The van der Waals surface area contributed by atoms with Crippen molar-refractivity contribution in [2.24, 2.45) is 10.4 Å². The normalized spacial score (nSPS) is 21.7. The number of aliphatic imine (C=N–C) groups is 1. The summed E-state index contributed by atoms with van der Waals surface area (Å²) >= 11 is 0. The van der Waals surface area contributed by atoms with Gasteiger partial charge in [0.25, 0.3) is 0 Å². The van der Waals surface area contributed by atoms with E-state index in [1.54, 1.807) is 0 Å². The van der Waals surface area contributed by atoms with Gasteiger partial charge in [-0.2, -0.15) is 0 Å². The second kappa shape index (κ2) is 3.50. The molecule has 2 rings (SSSR count). The quantitative estimate of drug-likeness (QED) is 0.657. The van der Waals surface area contributed by atoms with E-state index in [1.807, 2.05) is 44.2 Å². The standard InChI is InChI=1S/C12H13NO2/c1-12(2)8-15-11(14)10(12)13-9-6-4-3-5-7-9/h3-7H,8H2,1-2H3. The average Bonchev–Trinajstić information content (AvgIpc) is 2.47. The molecule has 1 aliphatic rings. The van der Waals surface area contributed by atoms with Crippen molar-refractivity contribution in [2.75, 3.05) is 6.61 Å². The highest BCUT2D eigenvalue weighted by Gasteiger charge is 2.39. The van der Waals surface area contributed by atoms with E-state index in [0.717, 1.165) is 5.69 Å². The van der Waals surface area contributed by atoms with E-state index < -0.39 is 0 Å². The second-order valence-corrected chi connectivity index (χ2v) is 4.26. The van der Waals surface area contributed by atoms with E-state index in [0.29, 0.717) is 12.3 Å². The molecule has 0 unspecified atom stereocenters. The van der Waals surface area contributed by atoms with Gasteiger partial charge in [-0.3, -0.25) is 0 Å². The van der Waals surface area contributed by atoms with E-state index >= 15 is 0 Å². The number of nitrogens with zero attached hydrogens (tertiary/aromatic N) is 1. The van der Waals surface area contributed by atoms with Gasteiger partial charge in [0.2, 0.25) is 0 Å². The third kappa shape index (κ3) is 1.91. The Morgan fingerprint density at radius 1 is 1.27 bits per heavy atom. The molecule has 1 aromatic carbocycles. The Hall–Kier alpha value is -1.64. The van der Waals surface area contributed by atoms with Crippen LogP contribution in [-0.4, -0.2) is 18.3 Å². The zero-order valence-electron chi connectivity index (χ0n) is 8.86. The second-order valence-electron chi connectivity index (χ2n) is 4.26. The molecule has 0 bridgehead atoms. The fraction of sp³-hybridized carbons (Fsp3) is 0.333. The zero-order chi connectivity index (χ0) is 10.9. The van der Waals surface area contributed by atoms with Crippen LogP contribution in [0, 0.1) is 5.41 Å². The largest absolute Gasteiger partial charge is 0.460 e. The lowest BCUT2D eigenvalue weighted by atomic mass is 9.90. The van der Waals surface area contributed by atoms with Crippen molar-refractivity contribution in [3.63, 3.8) is 0 Å². The number of rotatable bonds is 1. The van der Waals surface area contributed by atoms with Gasteiger partial charge < -0.3 is 4.74 Å². The first-order chi connectivity index (χ1) is 7.09. The van der Waals surface area contributed by atoms with Crippen LogP contribution in [0.1, 0.15) is 13.8 Å². The molecule has 0 spiro atoms. The molecule has 0 aromatic heterocycles. The van der Waals surface area contributed by atoms with Gasteiger partial charge in [-0.15, -0.1) is 0 Å². The third-order valence-corrected chi connectivity index (χ3v) is 2.40. The molecule has 0 amide bonds. The van der Waals surface area contributed by atoms with Crippen molar-refractivity contribution in [1.29, 1.82) is 0 Å². The number of carbonyl (C=O) groups excluding carboxylic acids is 1. The topological polar surface area (TPSA) is 38.7 Å². The van der Waals surface area contributed by atoms with Gasteiger partial charge in [0, 0.05) is 5.41 Å². The van der Waals surface area contributed by atoms with Crippen LogP contribution in [0.25, 0.3) is 0 Å². The fourth-order valence-corrected chi connectivity index (χ4v) is 1.49. The lowest BCUT2D eigenvalue weighted by Gasteiger charge is -2.12. The number of para-hydroxylation sites is 1. The smallest absolute Gasteiger partial charge is 0.353 e.